The minimum Gasteiger partial charge on any atom is -0.364 e. The Bertz CT molecular complexity index is 125. The van der Waals surface area contributed by atoms with Crippen LogP contribution in [0.15, 0.2) is 12.2 Å². The van der Waals surface area contributed by atoms with E-state index in [1.54, 1.807) is 0 Å². The van der Waals surface area contributed by atoms with Crippen LogP contribution in [0.5, 0.6) is 0 Å². The average Bonchev–Trinajstić information content (AvgIpc) is 2.10. The first kappa shape index (κ1) is 6.81. The lowest BCUT2D eigenvalue weighted by Gasteiger charge is -2.18. The maximum Gasteiger partial charge on any atom is 0.0815 e. The second kappa shape index (κ2) is 2.14. The molecule has 0 saturated carbocycles. The largest absolute Gasteiger partial charge is 0.364 e. The summed E-state index contributed by atoms with van der Waals surface area (Å²) in [5.41, 5.74) is -0.0132. The van der Waals surface area contributed by atoms with Gasteiger partial charge >= 0.3 is 0 Å². The topological polar surface area (TPSA) is 9.23 Å². The first-order chi connectivity index (χ1) is 4.14. The van der Waals surface area contributed by atoms with Gasteiger partial charge in [-0.1, -0.05) is 19.1 Å². The molecular formula is C8H14O. The molecule has 1 aliphatic heterocycles. The normalized spacial score (nSPS) is 31.2. The third kappa shape index (κ3) is 1.55. The van der Waals surface area contributed by atoms with E-state index in [9.17, 15) is 0 Å². The molecule has 0 amide bonds. The lowest BCUT2D eigenvalue weighted by molar-refractivity contribution is 0.000634. The van der Waals surface area contributed by atoms with Crippen molar-refractivity contribution in [3.8, 4) is 0 Å². The fourth-order valence-corrected chi connectivity index (χ4v) is 1.03. The summed E-state index contributed by atoms with van der Waals surface area (Å²) in [6, 6.07) is 0. The standard InChI is InChI=1S/C8H14O/c1-4-7-5-6-8(2,3)9-7/h5-7H,4H2,1-3H3. The van der Waals surface area contributed by atoms with Gasteiger partial charge in [0.1, 0.15) is 0 Å². The monoisotopic (exact) mass is 126 g/mol. The lowest BCUT2D eigenvalue weighted by Crippen LogP contribution is -2.20. The molecule has 1 unspecified atom stereocenters. The third-order valence-corrected chi connectivity index (χ3v) is 1.57. The van der Waals surface area contributed by atoms with Gasteiger partial charge in [0, 0.05) is 0 Å². The van der Waals surface area contributed by atoms with Crippen LogP contribution in [0.2, 0.25) is 0 Å². The van der Waals surface area contributed by atoms with Crippen molar-refractivity contribution < 1.29 is 4.74 Å². The molecule has 1 nitrogen and oxygen atoms in total. The third-order valence-electron chi connectivity index (χ3n) is 1.57. The zero-order chi connectivity index (χ0) is 6.91. The van der Waals surface area contributed by atoms with E-state index in [1.807, 2.05) is 0 Å². The summed E-state index contributed by atoms with van der Waals surface area (Å²) < 4.78 is 5.59. The van der Waals surface area contributed by atoms with Gasteiger partial charge in [-0.05, 0) is 20.3 Å². The van der Waals surface area contributed by atoms with E-state index in [1.165, 1.54) is 0 Å². The Balaban J connectivity index is 2.50. The number of hydrogen-bond acceptors (Lipinski definition) is 1. The number of ether oxygens (including phenoxy) is 1. The predicted octanol–water partition coefficient (Wildman–Crippen LogP) is 2.13. The van der Waals surface area contributed by atoms with Crippen LogP contribution in [-0.2, 0) is 4.74 Å². The van der Waals surface area contributed by atoms with E-state index in [0.717, 1.165) is 6.42 Å². The van der Waals surface area contributed by atoms with Crippen LogP contribution in [0.25, 0.3) is 0 Å². The van der Waals surface area contributed by atoms with Crippen LogP contribution in [0.3, 0.4) is 0 Å². The van der Waals surface area contributed by atoms with Gasteiger partial charge in [-0.15, -0.1) is 0 Å². The Morgan fingerprint density at radius 3 is 2.44 bits per heavy atom. The van der Waals surface area contributed by atoms with Gasteiger partial charge in [0.2, 0.25) is 0 Å². The minimum atomic E-state index is -0.0132. The zero-order valence-electron chi connectivity index (χ0n) is 6.35. The molecule has 1 heteroatoms. The average molecular weight is 126 g/mol. The quantitative estimate of drug-likeness (QED) is 0.489. The summed E-state index contributed by atoms with van der Waals surface area (Å²) >= 11 is 0. The van der Waals surface area contributed by atoms with Gasteiger partial charge in [0.05, 0.1) is 11.7 Å². The molecule has 1 aliphatic rings. The molecule has 52 valence electrons. The van der Waals surface area contributed by atoms with Gasteiger partial charge in [-0.2, -0.15) is 0 Å². The van der Waals surface area contributed by atoms with E-state index < -0.39 is 0 Å². The molecule has 0 aromatic rings. The summed E-state index contributed by atoms with van der Waals surface area (Å²) in [7, 11) is 0. The highest BCUT2D eigenvalue weighted by Crippen LogP contribution is 2.23. The van der Waals surface area contributed by atoms with E-state index in [0.29, 0.717) is 6.10 Å². The predicted molar refractivity (Wildman–Crippen MR) is 38.4 cm³/mol. The molecule has 0 radical (unpaired) electrons. The molecular weight excluding hydrogens is 112 g/mol. The minimum absolute atomic E-state index is 0.0132. The van der Waals surface area contributed by atoms with Crippen LogP contribution in [0, 0.1) is 0 Å². The smallest absolute Gasteiger partial charge is 0.0815 e. The number of rotatable bonds is 1. The Morgan fingerprint density at radius 2 is 2.22 bits per heavy atom. The van der Waals surface area contributed by atoms with Gasteiger partial charge in [0.15, 0.2) is 0 Å². The highest BCUT2D eigenvalue weighted by molar-refractivity contribution is 5.07. The second-order valence-corrected chi connectivity index (χ2v) is 3.03. The maximum atomic E-state index is 5.59. The van der Waals surface area contributed by atoms with Crippen molar-refractivity contribution in [2.24, 2.45) is 0 Å². The van der Waals surface area contributed by atoms with E-state index in [2.05, 4.69) is 32.9 Å². The van der Waals surface area contributed by atoms with Crippen molar-refractivity contribution in [1.82, 2.24) is 0 Å². The van der Waals surface area contributed by atoms with Crippen LogP contribution in [-0.4, -0.2) is 11.7 Å². The van der Waals surface area contributed by atoms with Gasteiger partial charge < -0.3 is 4.74 Å². The van der Waals surface area contributed by atoms with Crippen molar-refractivity contribution in [3.63, 3.8) is 0 Å². The molecule has 0 bridgehead atoms. The molecule has 1 rings (SSSR count). The molecule has 0 spiro atoms. The molecule has 0 aromatic heterocycles. The van der Waals surface area contributed by atoms with Crippen LogP contribution < -0.4 is 0 Å². The van der Waals surface area contributed by atoms with Gasteiger partial charge in [-0.3, -0.25) is 0 Å². The highest BCUT2D eigenvalue weighted by Gasteiger charge is 2.23. The molecule has 0 aromatic carbocycles. The fourth-order valence-electron chi connectivity index (χ4n) is 1.03. The molecule has 9 heavy (non-hydrogen) atoms. The summed E-state index contributed by atoms with van der Waals surface area (Å²) in [6.45, 7) is 6.30. The first-order valence-electron chi connectivity index (χ1n) is 3.51. The highest BCUT2D eigenvalue weighted by atomic mass is 16.5. The van der Waals surface area contributed by atoms with Crippen molar-refractivity contribution in [2.45, 2.75) is 38.9 Å². The van der Waals surface area contributed by atoms with E-state index in [-0.39, 0.29) is 5.60 Å². The van der Waals surface area contributed by atoms with Crippen molar-refractivity contribution in [1.29, 1.82) is 0 Å². The Labute approximate surface area is 56.7 Å². The van der Waals surface area contributed by atoms with Crippen molar-refractivity contribution in [2.75, 3.05) is 0 Å². The lowest BCUT2D eigenvalue weighted by atomic mass is 10.1. The zero-order valence-corrected chi connectivity index (χ0v) is 6.35. The molecule has 0 saturated heterocycles. The van der Waals surface area contributed by atoms with Gasteiger partial charge in [0.25, 0.3) is 0 Å². The molecule has 0 aliphatic carbocycles. The molecule has 0 N–H and O–H groups in total. The Hall–Kier alpha value is -0.300. The molecule has 1 heterocycles. The van der Waals surface area contributed by atoms with Crippen LogP contribution in [0.1, 0.15) is 27.2 Å². The van der Waals surface area contributed by atoms with Crippen LogP contribution in [0.4, 0.5) is 0 Å². The summed E-state index contributed by atoms with van der Waals surface area (Å²) in [4.78, 5) is 0. The summed E-state index contributed by atoms with van der Waals surface area (Å²) in [5.74, 6) is 0. The van der Waals surface area contributed by atoms with Crippen molar-refractivity contribution in [3.05, 3.63) is 12.2 Å². The summed E-state index contributed by atoms with van der Waals surface area (Å²) in [5, 5.41) is 0. The van der Waals surface area contributed by atoms with Crippen molar-refractivity contribution >= 4 is 0 Å². The SMILES string of the molecule is CCC1C=CC(C)(C)O1. The first-order valence-corrected chi connectivity index (χ1v) is 3.51. The summed E-state index contributed by atoms with van der Waals surface area (Å²) in [6.07, 6.45) is 5.71. The second-order valence-electron chi connectivity index (χ2n) is 3.03. The maximum absolute atomic E-state index is 5.59. The molecule has 1 atom stereocenters. The number of hydrogen-bond donors (Lipinski definition) is 0. The van der Waals surface area contributed by atoms with E-state index in [4.69, 9.17) is 4.74 Å². The van der Waals surface area contributed by atoms with Crippen LogP contribution >= 0.6 is 0 Å². The van der Waals surface area contributed by atoms with E-state index >= 15 is 0 Å². The Kier molecular flexibility index (Phi) is 1.62. The fraction of sp³-hybridized carbons (Fsp3) is 0.750. The Morgan fingerprint density at radius 1 is 1.56 bits per heavy atom. The molecule has 0 fully saturated rings. The van der Waals surface area contributed by atoms with Gasteiger partial charge in [-0.25, -0.2) is 0 Å².